The lowest BCUT2D eigenvalue weighted by Gasteiger charge is -2.33. The molecule has 1 heterocycles. The molecule has 0 bridgehead atoms. The van der Waals surface area contributed by atoms with Crippen LogP contribution in [-0.2, 0) is 5.41 Å². The average Bonchev–Trinajstić information content (AvgIpc) is 3.48. The van der Waals surface area contributed by atoms with Gasteiger partial charge in [0, 0.05) is 11.0 Å². The van der Waals surface area contributed by atoms with Gasteiger partial charge in [-0.2, -0.15) is 0 Å². The van der Waals surface area contributed by atoms with Crippen LogP contribution in [0.2, 0.25) is 0 Å². The highest BCUT2D eigenvalue weighted by molar-refractivity contribution is 5.94. The maximum Gasteiger partial charge on any atom is 0.143 e. The van der Waals surface area contributed by atoms with E-state index in [1.165, 1.54) is 92.0 Å². The zero-order valence-corrected chi connectivity index (χ0v) is 22.5. The molecule has 0 saturated carbocycles. The van der Waals surface area contributed by atoms with E-state index in [1.54, 1.807) is 5.56 Å². The molecule has 0 fully saturated rings. The van der Waals surface area contributed by atoms with Gasteiger partial charge in [-0.25, -0.2) is 4.63 Å². The molecule has 0 spiro atoms. The number of aromatic nitrogens is 2. The lowest BCUT2D eigenvalue weighted by atomic mass is 9.70. The summed E-state index contributed by atoms with van der Waals surface area (Å²) >= 11 is 0. The summed E-state index contributed by atoms with van der Waals surface area (Å²) in [7, 11) is 0. The van der Waals surface area contributed by atoms with Crippen LogP contribution < -0.4 is 0 Å². The summed E-state index contributed by atoms with van der Waals surface area (Å²) in [5.41, 5.74) is 12.5. The van der Waals surface area contributed by atoms with E-state index in [2.05, 4.69) is 86.5 Å². The molecule has 5 rings (SSSR count). The molecular weight excluding hydrogens is 440 g/mol. The largest absolute Gasteiger partial charge is 0.243 e. The first-order valence-corrected chi connectivity index (χ1v) is 14.1. The van der Waals surface area contributed by atoms with E-state index in [0.717, 1.165) is 22.2 Å². The minimum Gasteiger partial charge on any atom is -0.243 e. The Morgan fingerprint density at radius 1 is 0.639 bits per heavy atom. The third-order valence-corrected chi connectivity index (χ3v) is 8.36. The van der Waals surface area contributed by atoms with Gasteiger partial charge < -0.3 is 0 Å². The van der Waals surface area contributed by atoms with Crippen LogP contribution in [0.15, 0.2) is 53.2 Å². The van der Waals surface area contributed by atoms with Crippen molar-refractivity contribution in [1.29, 1.82) is 0 Å². The first kappa shape index (κ1) is 24.7. The summed E-state index contributed by atoms with van der Waals surface area (Å²) in [6.07, 6.45) is 12.8. The van der Waals surface area contributed by atoms with Gasteiger partial charge in [0.15, 0.2) is 0 Å². The Morgan fingerprint density at radius 2 is 1.25 bits per heavy atom. The number of nitrogens with zero attached hydrogens (tertiary/aromatic N) is 2. The van der Waals surface area contributed by atoms with Crippen molar-refractivity contribution in [3.05, 3.63) is 70.8 Å². The molecular formula is C33H40N2O. The predicted octanol–water partition coefficient (Wildman–Crippen LogP) is 9.71. The fraction of sp³-hybridized carbons (Fsp3) is 0.455. The van der Waals surface area contributed by atoms with E-state index in [9.17, 15) is 0 Å². The standard InChI is InChI=1S/C33H40N2O/c1-5-7-9-11-19-33(20-12-10-8-6-2)29-21-23(3)13-16-27(29)28-18-15-25(22-30(28)33)26-17-14-24(4)31-32(26)35-36-34-31/h13-18,21-22H,5-12,19-20H2,1-4H3. The molecule has 1 aromatic heterocycles. The Labute approximate surface area is 216 Å². The van der Waals surface area contributed by atoms with Crippen LogP contribution in [0.3, 0.4) is 0 Å². The lowest BCUT2D eigenvalue weighted by Crippen LogP contribution is -2.25. The van der Waals surface area contributed by atoms with Crippen molar-refractivity contribution in [3.8, 4) is 22.3 Å². The van der Waals surface area contributed by atoms with Gasteiger partial charge in [0.05, 0.1) is 0 Å². The summed E-state index contributed by atoms with van der Waals surface area (Å²) < 4.78 is 5.16. The molecule has 0 amide bonds. The monoisotopic (exact) mass is 480 g/mol. The second kappa shape index (κ2) is 10.6. The van der Waals surface area contributed by atoms with Crippen LogP contribution in [0.1, 0.15) is 100 Å². The lowest BCUT2D eigenvalue weighted by molar-refractivity contribution is 0.315. The molecule has 4 aromatic rings. The van der Waals surface area contributed by atoms with Crippen LogP contribution in [0, 0.1) is 13.8 Å². The van der Waals surface area contributed by atoms with Gasteiger partial charge in [-0.1, -0.05) is 113 Å². The number of fused-ring (bicyclic) bond motifs is 4. The average molecular weight is 481 g/mol. The number of unbranched alkanes of at least 4 members (excludes halogenated alkanes) is 6. The SMILES string of the molecule is CCCCCCC1(CCCCCC)c2cc(C)ccc2-c2ccc(-c3ccc(C)c4nonc34)cc21. The number of benzene rings is 3. The highest BCUT2D eigenvalue weighted by Crippen LogP contribution is 2.55. The van der Waals surface area contributed by atoms with E-state index in [-0.39, 0.29) is 5.41 Å². The molecule has 0 saturated heterocycles. The highest BCUT2D eigenvalue weighted by atomic mass is 16.6. The fourth-order valence-electron chi connectivity index (χ4n) is 6.37. The Hall–Kier alpha value is -2.94. The predicted molar refractivity (Wildman–Crippen MR) is 150 cm³/mol. The Bertz CT molecular complexity index is 1340. The summed E-state index contributed by atoms with van der Waals surface area (Å²) in [5.74, 6) is 0. The molecule has 0 atom stereocenters. The van der Waals surface area contributed by atoms with Gasteiger partial charge in [0.25, 0.3) is 0 Å². The molecule has 3 heteroatoms. The van der Waals surface area contributed by atoms with E-state index >= 15 is 0 Å². The van der Waals surface area contributed by atoms with Crippen molar-refractivity contribution >= 4 is 11.0 Å². The molecule has 1 aliphatic carbocycles. The van der Waals surface area contributed by atoms with Crippen molar-refractivity contribution in [2.75, 3.05) is 0 Å². The summed E-state index contributed by atoms with van der Waals surface area (Å²) in [5, 5.41) is 8.47. The van der Waals surface area contributed by atoms with E-state index in [1.807, 2.05) is 0 Å². The highest BCUT2D eigenvalue weighted by Gasteiger charge is 2.42. The summed E-state index contributed by atoms with van der Waals surface area (Å²) in [6.45, 7) is 8.92. The van der Waals surface area contributed by atoms with Gasteiger partial charge >= 0.3 is 0 Å². The van der Waals surface area contributed by atoms with Gasteiger partial charge in [0.2, 0.25) is 0 Å². The molecule has 0 N–H and O–H groups in total. The molecule has 3 nitrogen and oxygen atoms in total. The number of aryl methyl sites for hydroxylation is 2. The second-order valence-corrected chi connectivity index (χ2v) is 10.9. The van der Waals surface area contributed by atoms with Gasteiger partial charge in [0.1, 0.15) is 11.0 Å². The molecule has 36 heavy (non-hydrogen) atoms. The summed E-state index contributed by atoms with van der Waals surface area (Å²) in [6, 6.07) is 18.6. The molecule has 1 aliphatic rings. The van der Waals surface area contributed by atoms with E-state index < -0.39 is 0 Å². The van der Waals surface area contributed by atoms with Crippen molar-refractivity contribution in [2.24, 2.45) is 0 Å². The van der Waals surface area contributed by atoms with Crippen LogP contribution in [0.25, 0.3) is 33.3 Å². The van der Waals surface area contributed by atoms with Crippen LogP contribution in [0.4, 0.5) is 0 Å². The van der Waals surface area contributed by atoms with E-state index in [4.69, 9.17) is 4.63 Å². The number of hydrogen-bond donors (Lipinski definition) is 0. The van der Waals surface area contributed by atoms with Crippen molar-refractivity contribution < 1.29 is 4.63 Å². The summed E-state index contributed by atoms with van der Waals surface area (Å²) in [4.78, 5) is 0. The topological polar surface area (TPSA) is 38.9 Å². The Morgan fingerprint density at radius 3 is 1.94 bits per heavy atom. The second-order valence-electron chi connectivity index (χ2n) is 10.9. The van der Waals surface area contributed by atoms with Crippen molar-refractivity contribution in [1.82, 2.24) is 10.3 Å². The van der Waals surface area contributed by atoms with Gasteiger partial charge in [-0.05, 0) is 76.4 Å². The molecule has 188 valence electrons. The van der Waals surface area contributed by atoms with Crippen LogP contribution in [-0.4, -0.2) is 10.3 Å². The van der Waals surface area contributed by atoms with Crippen LogP contribution >= 0.6 is 0 Å². The number of hydrogen-bond acceptors (Lipinski definition) is 3. The maximum atomic E-state index is 5.16. The zero-order valence-electron chi connectivity index (χ0n) is 22.5. The normalized spacial score (nSPS) is 13.8. The van der Waals surface area contributed by atoms with Crippen molar-refractivity contribution in [3.63, 3.8) is 0 Å². The number of rotatable bonds is 11. The molecule has 0 aliphatic heterocycles. The minimum atomic E-state index is 0.0834. The van der Waals surface area contributed by atoms with E-state index in [0.29, 0.717) is 0 Å². The third-order valence-electron chi connectivity index (χ3n) is 8.36. The first-order chi connectivity index (χ1) is 17.6. The van der Waals surface area contributed by atoms with Crippen molar-refractivity contribution in [2.45, 2.75) is 97.3 Å². The van der Waals surface area contributed by atoms with Gasteiger partial charge in [-0.3, -0.25) is 0 Å². The molecule has 3 aromatic carbocycles. The zero-order chi connectivity index (χ0) is 25.1. The Balaban J connectivity index is 1.65. The third kappa shape index (κ3) is 4.38. The Kier molecular flexibility index (Phi) is 7.27. The first-order valence-electron chi connectivity index (χ1n) is 14.1. The maximum absolute atomic E-state index is 5.16. The molecule has 0 unspecified atom stereocenters. The van der Waals surface area contributed by atoms with Crippen LogP contribution in [0.5, 0.6) is 0 Å². The molecule has 0 radical (unpaired) electrons. The smallest absolute Gasteiger partial charge is 0.143 e. The quantitative estimate of drug-likeness (QED) is 0.201. The van der Waals surface area contributed by atoms with Gasteiger partial charge in [-0.15, -0.1) is 0 Å². The fourth-order valence-corrected chi connectivity index (χ4v) is 6.37. The minimum absolute atomic E-state index is 0.0834.